The van der Waals surface area contributed by atoms with E-state index in [1.807, 2.05) is 24.3 Å². The van der Waals surface area contributed by atoms with Crippen molar-refractivity contribution in [2.75, 3.05) is 14.1 Å². The van der Waals surface area contributed by atoms with Gasteiger partial charge in [0.1, 0.15) is 6.04 Å². The fourth-order valence-corrected chi connectivity index (χ4v) is 1.83. The van der Waals surface area contributed by atoms with Gasteiger partial charge in [0, 0.05) is 4.47 Å². The van der Waals surface area contributed by atoms with E-state index in [-0.39, 0.29) is 0 Å². The maximum Gasteiger partial charge on any atom is 0.325 e. The molecule has 0 aliphatic heterocycles. The molecule has 0 amide bonds. The Morgan fingerprint density at radius 2 is 2.00 bits per heavy atom. The van der Waals surface area contributed by atoms with E-state index >= 15 is 0 Å². The molecular formula is C10H12BrNO2. The first-order valence-corrected chi connectivity index (χ1v) is 4.97. The molecule has 0 spiro atoms. The van der Waals surface area contributed by atoms with Crippen LogP contribution < -0.4 is 0 Å². The molecule has 1 rings (SSSR count). The van der Waals surface area contributed by atoms with Gasteiger partial charge in [-0.1, -0.05) is 34.1 Å². The van der Waals surface area contributed by atoms with Crippen molar-refractivity contribution < 1.29 is 9.90 Å². The number of nitrogens with zero attached hydrogens (tertiary/aromatic N) is 1. The van der Waals surface area contributed by atoms with Gasteiger partial charge in [-0.2, -0.15) is 0 Å². The van der Waals surface area contributed by atoms with Crippen molar-refractivity contribution in [3.63, 3.8) is 0 Å². The molecule has 1 aromatic carbocycles. The van der Waals surface area contributed by atoms with E-state index in [9.17, 15) is 4.79 Å². The lowest BCUT2D eigenvalue weighted by Gasteiger charge is -2.21. The molecule has 0 heterocycles. The number of benzene rings is 1. The lowest BCUT2D eigenvalue weighted by molar-refractivity contribution is -0.142. The Balaban J connectivity index is 3.12. The second kappa shape index (κ2) is 4.57. The van der Waals surface area contributed by atoms with E-state index in [1.165, 1.54) is 0 Å². The molecule has 0 saturated carbocycles. The summed E-state index contributed by atoms with van der Waals surface area (Å²) in [6.45, 7) is 0. The minimum absolute atomic E-state index is 0.606. The predicted molar refractivity (Wildman–Crippen MR) is 58.2 cm³/mol. The fraction of sp³-hybridized carbons (Fsp3) is 0.300. The highest BCUT2D eigenvalue weighted by Gasteiger charge is 2.23. The maximum atomic E-state index is 11.0. The van der Waals surface area contributed by atoms with E-state index in [4.69, 9.17) is 5.11 Å². The van der Waals surface area contributed by atoms with Crippen LogP contribution in [-0.2, 0) is 4.79 Å². The molecule has 0 aliphatic rings. The smallest absolute Gasteiger partial charge is 0.325 e. The summed E-state index contributed by atoms with van der Waals surface area (Å²) in [4.78, 5) is 12.7. The highest BCUT2D eigenvalue weighted by atomic mass is 79.9. The van der Waals surface area contributed by atoms with Crippen LogP contribution in [-0.4, -0.2) is 30.1 Å². The van der Waals surface area contributed by atoms with Crippen LogP contribution in [0.2, 0.25) is 0 Å². The van der Waals surface area contributed by atoms with Crippen LogP contribution in [0.15, 0.2) is 28.7 Å². The zero-order valence-electron chi connectivity index (χ0n) is 8.07. The molecule has 76 valence electrons. The van der Waals surface area contributed by atoms with Crippen molar-refractivity contribution in [3.8, 4) is 0 Å². The Morgan fingerprint density at radius 1 is 1.43 bits per heavy atom. The number of carboxylic acid groups (broad SMARTS) is 1. The Kier molecular flexibility index (Phi) is 3.66. The SMILES string of the molecule is CN(C)[C@@H](C(=O)O)c1ccccc1Br. The first kappa shape index (κ1) is 11.2. The summed E-state index contributed by atoms with van der Waals surface area (Å²) in [5.74, 6) is -0.845. The molecule has 14 heavy (non-hydrogen) atoms. The number of halogens is 1. The molecule has 0 aliphatic carbocycles. The maximum absolute atomic E-state index is 11.0. The highest BCUT2D eigenvalue weighted by molar-refractivity contribution is 9.10. The summed E-state index contributed by atoms with van der Waals surface area (Å²) in [5, 5.41) is 9.06. The van der Waals surface area contributed by atoms with E-state index in [2.05, 4.69) is 15.9 Å². The number of hydrogen-bond acceptors (Lipinski definition) is 2. The molecule has 0 saturated heterocycles. The number of hydrogen-bond donors (Lipinski definition) is 1. The summed E-state index contributed by atoms with van der Waals surface area (Å²) in [7, 11) is 3.50. The number of rotatable bonds is 3. The van der Waals surface area contributed by atoms with Gasteiger partial charge in [-0.05, 0) is 25.7 Å². The standard InChI is InChI=1S/C10H12BrNO2/c1-12(2)9(10(13)14)7-5-3-4-6-8(7)11/h3-6,9H,1-2H3,(H,13,14)/t9-/m1/s1. The summed E-state index contributed by atoms with van der Waals surface area (Å²) >= 11 is 3.34. The van der Waals surface area contributed by atoms with Gasteiger partial charge < -0.3 is 5.11 Å². The van der Waals surface area contributed by atoms with Crippen LogP contribution >= 0.6 is 15.9 Å². The van der Waals surface area contributed by atoms with Crippen LogP contribution in [0.25, 0.3) is 0 Å². The molecule has 0 aromatic heterocycles. The van der Waals surface area contributed by atoms with Gasteiger partial charge in [0.2, 0.25) is 0 Å². The second-order valence-electron chi connectivity index (χ2n) is 3.23. The van der Waals surface area contributed by atoms with E-state index in [0.717, 1.165) is 10.0 Å². The molecule has 1 N–H and O–H groups in total. The van der Waals surface area contributed by atoms with E-state index in [1.54, 1.807) is 19.0 Å². The van der Waals surface area contributed by atoms with E-state index < -0.39 is 12.0 Å². The lowest BCUT2D eigenvalue weighted by Crippen LogP contribution is -2.27. The van der Waals surface area contributed by atoms with Gasteiger partial charge in [0.25, 0.3) is 0 Å². The van der Waals surface area contributed by atoms with Gasteiger partial charge in [-0.15, -0.1) is 0 Å². The van der Waals surface area contributed by atoms with Gasteiger partial charge in [0.05, 0.1) is 0 Å². The zero-order chi connectivity index (χ0) is 10.7. The predicted octanol–water partition coefficient (Wildman–Crippen LogP) is 2.14. The number of likely N-dealkylation sites (N-methyl/N-ethyl adjacent to an activating group) is 1. The first-order valence-electron chi connectivity index (χ1n) is 4.17. The van der Waals surface area contributed by atoms with Crippen LogP contribution in [0.3, 0.4) is 0 Å². The average Bonchev–Trinajstić information content (AvgIpc) is 2.07. The second-order valence-corrected chi connectivity index (χ2v) is 4.08. The van der Waals surface area contributed by atoms with Crippen molar-refractivity contribution in [1.29, 1.82) is 0 Å². The van der Waals surface area contributed by atoms with Crippen molar-refractivity contribution >= 4 is 21.9 Å². The Hall–Kier alpha value is -0.870. The van der Waals surface area contributed by atoms with Crippen molar-refractivity contribution in [3.05, 3.63) is 34.3 Å². The monoisotopic (exact) mass is 257 g/mol. The van der Waals surface area contributed by atoms with Crippen molar-refractivity contribution in [2.45, 2.75) is 6.04 Å². The van der Waals surface area contributed by atoms with Crippen molar-refractivity contribution in [2.24, 2.45) is 0 Å². The average molecular weight is 258 g/mol. The molecule has 0 radical (unpaired) electrons. The summed E-state index contributed by atoms with van der Waals surface area (Å²) in [5.41, 5.74) is 0.769. The third-order valence-corrected chi connectivity index (χ3v) is 2.67. The summed E-state index contributed by atoms with van der Waals surface area (Å²) in [6.07, 6.45) is 0. The molecule has 1 atom stereocenters. The number of aliphatic carboxylic acids is 1. The Morgan fingerprint density at radius 3 is 2.43 bits per heavy atom. The summed E-state index contributed by atoms with van der Waals surface area (Å²) < 4.78 is 0.820. The molecule has 0 fully saturated rings. The van der Waals surface area contributed by atoms with Gasteiger partial charge in [-0.25, -0.2) is 0 Å². The first-order chi connectivity index (χ1) is 6.54. The van der Waals surface area contributed by atoms with Gasteiger partial charge in [0.15, 0.2) is 0 Å². The molecule has 0 unspecified atom stereocenters. The largest absolute Gasteiger partial charge is 0.480 e. The summed E-state index contributed by atoms with van der Waals surface area (Å²) in [6, 6.07) is 6.74. The van der Waals surface area contributed by atoms with Gasteiger partial charge in [-0.3, -0.25) is 9.69 Å². The fourth-order valence-electron chi connectivity index (χ4n) is 1.33. The molecule has 3 nitrogen and oxygen atoms in total. The minimum Gasteiger partial charge on any atom is -0.480 e. The number of carboxylic acids is 1. The van der Waals surface area contributed by atoms with Crippen LogP contribution in [0, 0.1) is 0 Å². The minimum atomic E-state index is -0.845. The number of carbonyl (C=O) groups is 1. The zero-order valence-corrected chi connectivity index (χ0v) is 9.65. The Bertz CT molecular complexity index is 339. The molecule has 0 bridgehead atoms. The van der Waals surface area contributed by atoms with Crippen LogP contribution in [0.1, 0.15) is 11.6 Å². The highest BCUT2D eigenvalue weighted by Crippen LogP contribution is 2.26. The topological polar surface area (TPSA) is 40.5 Å². The quantitative estimate of drug-likeness (QED) is 0.902. The lowest BCUT2D eigenvalue weighted by atomic mass is 10.1. The van der Waals surface area contributed by atoms with E-state index in [0.29, 0.717) is 0 Å². The molecular weight excluding hydrogens is 246 g/mol. The van der Waals surface area contributed by atoms with Crippen LogP contribution in [0.4, 0.5) is 0 Å². The van der Waals surface area contributed by atoms with Gasteiger partial charge >= 0.3 is 5.97 Å². The normalized spacial score (nSPS) is 12.9. The third-order valence-electron chi connectivity index (χ3n) is 1.95. The molecule has 4 heteroatoms. The van der Waals surface area contributed by atoms with Crippen LogP contribution in [0.5, 0.6) is 0 Å². The van der Waals surface area contributed by atoms with Crippen molar-refractivity contribution in [1.82, 2.24) is 4.90 Å². The Labute approximate surface area is 91.5 Å². The third kappa shape index (κ3) is 2.33. The molecule has 1 aromatic rings.